The van der Waals surface area contributed by atoms with Crippen molar-refractivity contribution < 1.29 is 9.84 Å². The van der Waals surface area contributed by atoms with Crippen LogP contribution in [0.3, 0.4) is 0 Å². The van der Waals surface area contributed by atoms with Gasteiger partial charge in [-0.25, -0.2) is 4.99 Å². The molecule has 0 saturated heterocycles. The fraction of sp³-hybridized carbons (Fsp3) is 0.125. The van der Waals surface area contributed by atoms with E-state index in [-0.39, 0.29) is 34.5 Å². The Hall–Kier alpha value is -3.96. The Morgan fingerprint density at radius 2 is 1.92 bits per heavy atom. The van der Waals surface area contributed by atoms with Gasteiger partial charge in [-0.3, -0.25) is 0 Å². The van der Waals surface area contributed by atoms with Gasteiger partial charge in [-0.05, 0) is 6.07 Å². The van der Waals surface area contributed by atoms with E-state index in [4.69, 9.17) is 26.7 Å². The number of phenolic OH excluding ortho intramolecular Hbond substituents is 1. The van der Waals surface area contributed by atoms with Crippen molar-refractivity contribution in [3.63, 3.8) is 0 Å². The molecule has 5 N–H and O–H groups in total. The number of nitrogens with zero attached hydrogens (tertiary/aromatic N) is 4. The summed E-state index contributed by atoms with van der Waals surface area (Å²) in [6, 6.07) is 10.2. The molecule has 24 heavy (non-hydrogen) atoms. The molecule has 8 nitrogen and oxygen atoms in total. The quantitative estimate of drug-likeness (QED) is 0.596. The number of benzene rings is 1. The molecule has 0 saturated carbocycles. The Morgan fingerprint density at radius 1 is 1.21 bits per heavy atom. The van der Waals surface area contributed by atoms with Crippen molar-refractivity contribution in [2.45, 2.75) is 5.92 Å². The van der Waals surface area contributed by atoms with E-state index in [9.17, 15) is 10.4 Å². The zero-order valence-electron chi connectivity index (χ0n) is 12.2. The van der Waals surface area contributed by atoms with Crippen LogP contribution in [0, 0.1) is 39.9 Å². The lowest BCUT2D eigenvalue weighted by molar-refractivity contribution is 0.349. The maximum Gasteiger partial charge on any atom is 0.198 e. The van der Waals surface area contributed by atoms with Gasteiger partial charge in [0.15, 0.2) is 23.0 Å². The highest BCUT2D eigenvalue weighted by Crippen LogP contribution is 2.50. The molecule has 1 aromatic rings. The molecule has 8 heteroatoms. The summed E-state index contributed by atoms with van der Waals surface area (Å²) in [5.74, 6) is -1.80. The highest BCUT2D eigenvalue weighted by molar-refractivity contribution is 6.01. The standard InChI is InChI=1S/C16H10N6O2/c17-4-7(5-18)13-9(6-19)11-8-2-1-3-10(23)14(8)24-16(21)12(11)15(20)22-13/h1-3,9,11,23H,21H2,(H2,20,22). The van der Waals surface area contributed by atoms with E-state index in [1.165, 1.54) is 6.07 Å². The SMILES string of the molecule is N#CC(C#N)=C1N=C(N)C2=C(N)Oc3c(O)cccc3C2C1C#N. The Labute approximate surface area is 136 Å². The van der Waals surface area contributed by atoms with Gasteiger partial charge in [0.25, 0.3) is 0 Å². The fourth-order valence-electron chi connectivity index (χ4n) is 2.91. The minimum atomic E-state index is -0.968. The van der Waals surface area contributed by atoms with Crippen LogP contribution in [-0.2, 0) is 0 Å². The average molecular weight is 318 g/mol. The number of aliphatic imine (C=N–C) groups is 1. The van der Waals surface area contributed by atoms with Crippen LogP contribution in [0.15, 0.2) is 45.9 Å². The van der Waals surface area contributed by atoms with Crippen LogP contribution >= 0.6 is 0 Å². The van der Waals surface area contributed by atoms with Crippen LogP contribution in [0.2, 0.25) is 0 Å². The number of amidine groups is 1. The van der Waals surface area contributed by atoms with Gasteiger partial charge in [0.2, 0.25) is 0 Å². The summed E-state index contributed by atoms with van der Waals surface area (Å²) in [7, 11) is 0. The molecule has 2 heterocycles. The molecule has 1 aromatic carbocycles. The third-order valence-corrected chi connectivity index (χ3v) is 3.91. The van der Waals surface area contributed by atoms with Crippen molar-refractivity contribution in [1.82, 2.24) is 0 Å². The van der Waals surface area contributed by atoms with Crippen LogP contribution in [0.4, 0.5) is 0 Å². The first-order valence-electron chi connectivity index (χ1n) is 6.81. The van der Waals surface area contributed by atoms with Gasteiger partial charge in [0.05, 0.1) is 17.3 Å². The van der Waals surface area contributed by atoms with Gasteiger partial charge < -0.3 is 21.3 Å². The molecule has 0 bridgehead atoms. The summed E-state index contributed by atoms with van der Waals surface area (Å²) in [5, 5.41) is 37.8. The normalized spacial score (nSPS) is 21.2. The molecule has 2 unspecified atom stereocenters. The number of aromatic hydroxyl groups is 1. The van der Waals surface area contributed by atoms with E-state index in [0.29, 0.717) is 11.1 Å². The second-order valence-corrected chi connectivity index (χ2v) is 5.14. The Kier molecular flexibility index (Phi) is 3.33. The number of phenols is 1. The van der Waals surface area contributed by atoms with Gasteiger partial charge in [-0.1, -0.05) is 12.1 Å². The lowest BCUT2D eigenvalue weighted by Crippen LogP contribution is -2.36. The van der Waals surface area contributed by atoms with Crippen molar-refractivity contribution in [3.8, 4) is 29.7 Å². The van der Waals surface area contributed by atoms with Crippen molar-refractivity contribution in [2.75, 3.05) is 0 Å². The van der Waals surface area contributed by atoms with Crippen LogP contribution in [0.5, 0.6) is 11.5 Å². The largest absolute Gasteiger partial charge is 0.504 e. The molecule has 2 aliphatic rings. The highest BCUT2D eigenvalue weighted by Gasteiger charge is 2.43. The molecule has 0 aromatic heterocycles. The Balaban J connectivity index is 2.36. The van der Waals surface area contributed by atoms with Crippen LogP contribution in [0.1, 0.15) is 11.5 Å². The maximum atomic E-state index is 9.99. The van der Waals surface area contributed by atoms with Gasteiger partial charge in [0.1, 0.15) is 23.9 Å². The molecule has 0 amide bonds. The zero-order chi connectivity index (χ0) is 17.4. The maximum absolute atomic E-state index is 9.99. The number of para-hydroxylation sites is 1. The van der Waals surface area contributed by atoms with Gasteiger partial charge in [0, 0.05) is 11.5 Å². The minimum absolute atomic E-state index is 0.0160. The third kappa shape index (κ3) is 1.93. The molecule has 2 aliphatic heterocycles. The van der Waals surface area contributed by atoms with Crippen molar-refractivity contribution in [2.24, 2.45) is 22.4 Å². The number of nitriles is 3. The molecular weight excluding hydrogens is 308 g/mol. The summed E-state index contributed by atoms with van der Waals surface area (Å²) < 4.78 is 5.43. The number of fused-ring (bicyclic) bond motifs is 3. The lowest BCUT2D eigenvalue weighted by Gasteiger charge is -2.34. The summed E-state index contributed by atoms with van der Waals surface area (Å²) >= 11 is 0. The lowest BCUT2D eigenvalue weighted by atomic mass is 9.75. The van der Waals surface area contributed by atoms with Crippen LogP contribution in [0.25, 0.3) is 0 Å². The minimum Gasteiger partial charge on any atom is -0.504 e. The third-order valence-electron chi connectivity index (χ3n) is 3.91. The molecule has 0 fully saturated rings. The van der Waals surface area contributed by atoms with Crippen molar-refractivity contribution in [3.05, 3.63) is 46.5 Å². The van der Waals surface area contributed by atoms with E-state index < -0.39 is 11.8 Å². The second-order valence-electron chi connectivity index (χ2n) is 5.14. The van der Waals surface area contributed by atoms with Crippen molar-refractivity contribution >= 4 is 5.84 Å². The second kappa shape index (κ2) is 5.35. The van der Waals surface area contributed by atoms with Crippen molar-refractivity contribution in [1.29, 1.82) is 15.8 Å². The zero-order valence-corrected chi connectivity index (χ0v) is 12.2. The monoisotopic (exact) mass is 318 g/mol. The number of hydrogen-bond donors (Lipinski definition) is 3. The van der Waals surface area contributed by atoms with Gasteiger partial charge in [-0.15, -0.1) is 0 Å². The Bertz CT molecular complexity index is 952. The predicted molar refractivity (Wildman–Crippen MR) is 81.7 cm³/mol. The van der Waals surface area contributed by atoms with E-state index >= 15 is 0 Å². The highest BCUT2D eigenvalue weighted by atomic mass is 16.5. The first-order valence-corrected chi connectivity index (χ1v) is 6.81. The number of hydrogen-bond acceptors (Lipinski definition) is 8. The molecule has 2 atom stereocenters. The molecule has 0 radical (unpaired) electrons. The molecule has 3 rings (SSSR count). The molecule has 0 spiro atoms. The number of allylic oxidation sites excluding steroid dienone is 2. The summed E-state index contributed by atoms with van der Waals surface area (Å²) in [6.45, 7) is 0. The fourth-order valence-corrected chi connectivity index (χ4v) is 2.91. The summed E-state index contributed by atoms with van der Waals surface area (Å²) in [5.41, 5.74) is 12.3. The predicted octanol–water partition coefficient (Wildman–Crippen LogP) is 0.850. The van der Waals surface area contributed by atoms with E-state index in [1.807, 2.05) is 0 Å². The molecular formula is C16H10N6O2. The van der Waals surface area contributed by atoms with Gasteiger partial charge >= 0.3 is 0 Å². The summed E-state index contributed by atoms with van der Waals surface area (Å²) in [4.78, 5) is 4.03. The number of rotatable bonds is 0. The topological polar surface area (TPSA) is 165 Å². The molecule has 116 valence electrons. The first-order chi connectivity index (χ1) is 11.5. The van der Waals surface area contributed by atoms with E-state index in [1.54, 1.807) is 24.3 Å². The Morgan fingerprint density at radius 3 is 2.54 bits per heavy atom. The van der Waals surface area contributed by atoms with E-state index in [2.05, 4.69) is 11.1 Å². The van der Waals surface area contributed by atoms with Crippen LogP contribution < -0.4 is 16.2 Å². The summed E-state index contributed by atoms with van der Waals surface area (Å²) in [6.07, 6.45) is 0. The van der Waals surface area contributed by atoms with E-state index in [0.717, 1.165) is 0 Å². The molecule has 0 aliphatic carbocycles. The van der Waals surface area contributed by atoms with Gasteiger partial charge in [-0.2, -0.15) is 15.8 Å². The van der Waals surface area contributed by atoms with Crippen LogP contribution in [-0.4, -0.2) is 10.9 Å². The number of nitrogens with two attached hydrogens (primary N) is 2. The number of ether oxygens (including phenoxy) is 1. The first kappa shape index (κ1) is 15.0. The average Bonchev–Trinajstić information content (AvgIpc) is 2.57. The smallest absolute Gasteiger partial charge is 0.198 e.